The molecule has 2 rings (SSSR count). The molecule has 27 heavy (non-hydrogen) atoms. The van der Waals surface area contributed by atoms with Crippen LogP contribution in [0.1, 0.15) is 26.2 Å². The van der Waals surface area contributed by atoms with Gasteiger partial charge in [-0.15, -0.1) is 0 Å². The minimum Gasteiger partial charge on any atom is -0.383 e. The van der Waals surface area contributed by atoms with E-state index in [4.69, 9.17) is 5.14 Å². The number of unbranched alkanes of at least 4 members (excludes halogenated alkanes) is 1. The third kappa shape index (κ3) is 5.54. The number of rotatable bonds is 8. The molecule has 1 aromatic carbocycles. The van der Waals surface area contributed by atoms with Crippen molar-refractivity contribution in [2.75, 3.05) is 30.3 Å². The molecule has 1 fully saturated rings. The first kappa shape index (κ1) is 20.9. The molecule has 9 heteroatoms. The molecule has 1 aromatic rings. The van der Waals surface area contributed by atoms with Crippen LogP contribution < -0.4 is 15.8 Å². The zero-order valence-electron chi connectivity index (χ0n) is 15.4. The summed E-state index contributed by atoms with van der Waals surface area (Å²) in [6.45, 7) is 7.01. The smallest absolute Gasteiger partial charge is 0.245 e. The van der Waals surface area contributed by atoms with E-state index < -0.39 is 10.0 Å². The van der Waals surface area contributed by atoms with Crippen LogP contribution in [-0.4, -0.2) is 44.8 Å². The summed E-state index contributed by atoms with van der Waals surface area (Å²) in [5.41, 5.74) is 0.984. The summed E-state index contributed by atoms with van der Waals surface area (Å²) >= 11 is 0. The largest absolute Gasteiger partial charge is 0.383 e. The molecular weight excluding hydrogens is 368 g/mol. The van der Waals surface area contributed by atoms with Crippen LogP contribution in [0.25, 0.3) is 0 Å². The number of nitrogens with one attached hydrogen (secondary N) is 2. The SMILES string of the molecule is C=CC(=O)N1CCC(C(=O)Nc2cc(S(N)(=O)=O)ccc2NCCCC)C1. The molecule has 0 saturated carbocycles. The number of nitrogens with zero attached hydrogens (tertiary/aromatic N) is 1. The summed E-state index contributed by atoms with van der Waals surface area (Å²) < 4.78 is 23.3. The summed E-state index contributed by atoms with van der Waals surface area (Å²) in [5.74, 6) is -0.835. The minimum atomic E-state index is -3.89. The number of carbonyl (C=O) groups is 2. The van der Waals surface area contributed by atoms with Crippen molar-refractivity contribution in [1.82, 2.24) is 4.90 Å². The highest BCUT2D eigenvalue weighted by Gasteiger charge is 2.30. The summed E-state index contributed by atoms with van der Waals surface area (Å²) in [5, 5.41) is 11.2. The van der Waals surface area contributed by atoms with Crippen molar-refractivity contribution in [1.29, 1.82) is 0 Å². The van der Waals surface area contributed by atoms with Gasteiger partial charge in [0.25, 0.3) is 0 Å². The van der Waals surface area contributed by atoms with E-state index in [1.807, 2.05) is 0 Å². The Hall–Kier alpha value is -2.39. The summed E-state index contributed by atoms with van der Waals surface area (Å²) in [6, 6.07) is 4.34. The van der Waals surface area contributed by atoms with Crippen molar-refractivity contribution in [3.63, 3.8) is 0 Å². The zero-order chi connectivity index (χ0) is 20.0. The molecule has 1 heterocycles. The van der Waals surface area contributed by atoms with E-state index in [1.54, 1.807) is 11.0 Å². The van der Waals surface area contributed by atoms with E-state index in [9.17, 15) is 18.0 Å². The standard InChI is InChI=1S/C18H26N4O4S/c1-3-5-9-20-15-7-6-14(27(19,25)26)11-16(15)21-18(24)13-8-10-22(12-13)17(23)4-2/h4,6-7,11,13,20H,2-3,5,8-10,12H2,1H3,(H,21,24)(H2,19,25,26). The van der Waals surface area contributed by atoms with Gasteiger partial charge in [-0.3, -0.25) is 9.59 Å². The Balaban J connectivity index is 2.17. The van der Waals surface area contributed by atoms with Crippen molar-refractivity contribution < 1.29 is 18.0 Å². The maximum atomic E-state index is 12.6. The molecule has 0 aromatic heterocycles. The van der Waals surface area contributed by atoms with Gasteiger partial charge < -0.3 is 15.5 Å². The molecule has 0 radical (unpaired) electrons. The molecule has 148 valence electrons. The van der Waals surface area contributed by atoms with Gasteiger partial charge in [0.2, 0.25) is 21.8 Å². The lowest BCUT2D eigenvalue weighted by Gasteiger charge is -2.17. The molecule has 8 nitrogen and oxygen atoms in total. The van der Waals surface area contributed by atoms with Gasteiger partial charge in [0.05, 0.1) is 22.2 Å². The highest BCUT2D eigenvalue weighted by atomic mass is 32.2. The van der Waals surface area contributed by atoms with E-state index in [0.29, 0.717) is 37.4 Å². The van der Waals surface area contributed by atoms with Gasteiger partial charge in [-0.2, -0.15) is 0 Å². The third-order valence-electron chi connectivity index (χ3n) is 4.47. The fourth-order valence-electron chi connectivity index (χ4n) is 2.90. The van der Waals surface area contributed by atoms with Gasteiger partial charge in [-0.05, 0) is 37.1 Å². The van der Waals surface area contributed by atoms with Crippen LogP contribution in [-0.2, 0) is 19.6 Å². The van der Waals surface area contributed by atoms with Gasteiger partial charge >= 0.3 is 0 Å². The van der Waals surface area contributed by atoms with E-state index in [2.05, 4.69) is 24.1 Å². The predicted molar refractivity (Wildman–Crippen MR) is 105 cm³/mol. The van der Waals surface area contributed by atoms with E-state index in [-0.39, 0.29) is 22.6 Å². The highest BCUT2D eigenvalue weighted by Crippen LogP contribution is 2.27. The van der Waals surface area contributed by atoms with Gasteiger partial charge in [-0.1, -0.05) is 19.9 Å². The average Bonchev–Trinajstić information content (AvgIpc) is 3.11. The fraction of sp³-hybridized carbons (Fsp3) is 0.444. The molecule has 1 aliphatic rings. The number of primary sulfonamides is 1. The fourth-order valence-corrected chi connectivity index (χ4v) is 3.44. The monoisotopic (exact) mass is 394 g/mol. The van der Waals surface area contributed by atoms with Crippen molar-refractivity contribution in [2.24, 2.45) is 11.1 Å². The normalized spacial score (nSPS) is 16.8. The Morgan fingerprint density at radius 1 is 1.37 bits per heavy atom. The number of nitrogens with two attached hydrogens (primary N) is 1. The van der Waals surface area contributed by atoms with Crippen LogP contribution >= 0.6 is 0 Å². The molecule has 1 saturated heterocycles. The second-order valence-electron chi connectivity index (χ2n) is 6.50. The number of carbonyl (C=O) groups excluding carboxylic acids is 2. The van der Waals surface area contributed by atoms with Gasteiger partial charge in [0.1, 0.15) is 0 Å². The van der Waals surface area contributed by atoms with E-state index >= 15 is 0 Å². The Bertz CT molecular complexity index is 823. The van der Waals surface area contributed by atoms with Gasteiger partial charge in [0.15, 0.2) is 0 Å². The Morgan fingerprint density at radius 2 is 2.11 bits per heavy atom. The van der Waals surface area contributed by atoms with Crippen molar-refractivity contribution in [3.05, 3.63) is 30.9 Å². The summed E-state index contributed by atoms with van der Waals surface area (Å²) in [6.07, 6.45) is 3.70. The van der Waals surface area contributed by atoms with Crippen LogP contribution in [0.5, 0.6) is 0 Å². The molecule has 4 N–H and O–H groups in total. The van der Waals surface area contributed by atoms with Crippen LogP contribution in [0.15, 0.2) is 35.7 Å². The van der Waals surface area contributed by atoms with E-state index in [0.717, 1.165) is 12.8 Å². The molecular formula is C18H26N4O4S. The number of hydrogen-bond acceptors (Lipinski definition) is 5. The molecule has 1 aliphatic heterocycles. The van der Waals surface area contributed by atoms with Crippen LogP contribution in [0.2, 0.25) is 0 Å². The number of anilines is 2. The minimum absolute atomic E-state index is 0.0753. The molecule has 1 unspecified atom stereocenters. The Labute approximate surface area is 159 Å². The van der Waals surface area contributed by atoms with Crippen molar-refractivity contribution >= 4 is 33.2 Å². The van der Waals surface area contributed by atoms with Gasteiger partial charge in [-0.25, -0.2) is 13.6 Å². The van der Waals surface area contributed by atoms with Crippen molar-refractivity contribution in [2.45, 2.75) is 31.1 Å². The second kappa shape index (κ2) is 9.01. The van der Waals surface area contributed by atoms with Crippen LogP contribution in [0.3, 0.4) is 0 Å². The molecule has 0 bridgehead atoms. The van der Waals surface area contributed by atoms with Crippen molar-refractivity contribution in [3.8, 4) is 0 Å². The Kier molecular flexibility index (Phi) is 6.98. The molecule has 2 amide bonds. The van der Waals surface area contributed by atoms with Crippen LogP contribution in [0.4, 0.5) is 11.4 Å². The topological polar surface area (TPSA) is 122 Å². The summed E-state index contributed by atoms with van der Waals surface area (Å²) in [7, 11) is -3.89. The summed E-state index contributed by atoms with van der Waals surface area (Å²) in [4.78, 5) is 25.8. The molecule has 0 spiro atoms. The first-order valence-corrected chi connectivity index (χ1v) is 10.4. The van der Waals surface area contributed by atoms with Crippen LogP contribution in [0, 0.1) is 5.92 Å². The number of likely N-dealkylation sites (tertiary alicyclic amines) is 1. The average molecular weight is 394 g/mol. The zero-order valence-corrected chi connectivity index (χ0v) is 16.2. The lowest BCUT2D eigenvalue weighted by atomic mass is 10.1. The lowest BCUT2D eigenvalue weighted by Crippen LogP contribution is -2.30. The molecule has 0 aliphatic carbocycles. The highest BCUT2D eigenvalue weighted by molar-refractivity contribution is 7.89. The molecule has 1 atom stereocenters. The number of amides is 2. The maximum absolute atomic E-state index is 12.6. The lowest BCUT2D eigenvalue weighted by molar-refractivity contribution is -0.125. The maximum Gasteiger partial charge on any atom is 0.245 e. The third-order valence-corrected chi connectivity index (χ3v) is 5.38. The van der Waals surface area contributed by atoms with Gasteiger partial charge in [0, 0.05) is 19.6 Å². The quantitative estimate of drug-likeness (QED) is 0.456. The number of benzene rings is 1. The van der Waals surface area contributed by atoms with E-state index in [1.165, 1.54) is 18.2 Å². The number of sulfonamides is 1. The predicted octanol–water partition coefficient (Wildman–Crippen LogP) is 1.52. The Morgan fingerprint density at radius 3 is 2.74 bits per heavy atom. The number of hydrogen-bond donors (Lipinski definition) is 3. The first-order chi connectivity index (χ1) is 12.8. The second-order valence-corrected chi connectivity index (χ2v) is 8.06. The first-order valence-electron chi connectivity index (χ1n) is 8.89.